The van der Waals surface area contributed by atoms with Gasteiger partial charge in [-0.3, -0.25) is 4.79 Å². The molecule has 0 radical (unpaired) electrons. The van der Waals surface area contributed by atoms with E-state index in [0.29, 0.717) is 10.8 Å². The number of para-hydroxylation sites is 1. The Labute approximate surface area is 165 Å². The van der Waals surface area contributed by atoms with Crippen LogP contribution in [0.25, 0.3) is 20.1 Å². The van der Waals surface area contributed by atoms with Crippen molar-refractivity contribution in [1.29, 1.82) is 0 Å². The van der Waals surface area contributed by atoms with Crippen LogP contribution in [-0.4, -0.2) is 41.5 Å². The standard InChI is InChI=1S/C20H20N2O3S2/c1-13-5-4-10-22(11-13)18(23)12-25-20(24)17-9-8-16(26-17)19-21-14-6-2-3-7-15(14)27-19/h2-3,6-9,13H,4-5,10-12H2,1H3/t13-/m1/s1. The number of hydrogen-bond acceptors (Lipinski definition) is 6. The lowest BCUT2D eigenvalue weighted by Gasteiger charge is -2.30. The van der Waals surface area contributed by atoms with E-state index in [0.717, 1.165) is 46.0 Å². The summed E-state index contributed by atoms with van der Waals surface area (Å²) in [6, 6.07) is 11.6. The van der Waals surface area contributed by atoms with Crippen LogP contribution in [-0.2, 0) is 9.53 Å². The number of nitrogens with zero attached hydrogens (tertiary/aromatic N) is 2. The number of piperidine rings is 1. The lowest BCUT2D eigenvalue weighted by Crippen LogP contribution is -2.41. The fourth-order valence-electron chi connectivity index (χ4n) is 3.25. The Balaban J connectivity index is 1.39. The van der Waals surface area contributed by atoms with E-state index in [9.17, 15) is 9.59 Å². The Hall–Kier alpha value is -2.25. The van der Waals surface area contributed by atoms with Crippen molar-refractivity contribution in [3.05, 3.63) is 41.3 Å². The molecule has 27 heavy (non-hydrogen) atoms. The average Bonchev–Trinajstić information content (AvgIpc) is 3.32. The van der Waals surface area contributed by atoms with Gasteiger partial charge >= 0.3 is 5.97 Å². The maximum Gasteiger partial charge on any atom is 0.348 e. The first-order valence-electron chi connectivity index (χ1n) is 9.01. The second-order valence-electron chi connectivity index (χ2n) is 6.81. The van der Waals surface area contributed by atoms with Gasteiger partial charge in [0.05, 0.1) is 15.1 Å². The van der Waals surface area contributed by atoms with Gasteiger partial charge in [0.25, 0.3) is 5.91 Å². The number of thiazole rings is 1. The minimum Gasteiger partial charge on any atom is -0.451 e. The molecule has 7 heteroatoms. The maximum absolute atomic E-state index is 12.3. The number of carbonyl (C=O) groups excluding carboxylic acids is 2. The highest BCUT2D eigenvalue weighted by Gasteiger charge is 2.22. The third-order valence-corrected chi connectivity index (χ3v) is 6.92. The van der Waals surface area contributed by atoms with Gasteiger partial charge in [-0.05, 0) is 43.0 Å². The molecule has 0 bridgehead atoms. The number of aromatic nitrogens is 1. The zero-order valence-corrected chi connectivity index (χ0v) is 16.6. The smallest absolute Gasteiger partial charge is 0.348 e. The Bertz CT molecular complexity index is 945. The fraction of sp³-hybridized carbons (Fsp3) is 0.350. The van der Waals surface area contributed by atoms with Crippen molar-refractivity contribution in [2.45, 2.75) is 19.8 Å². The van der Waals surface area contributed by atoms with Gasteiger partial charge in [0, 0.05) is 13.1 Å². The number of thiophene rings is 1. The highest BCUT2D eigenvalue weighted by atomic mass is 32.1. The maximum atomic E-state index is 12.3. The van der Waals surface area contributed by atoms with Crippen LogP contribution in [0, 0.1) is 5.92 Å². The normalized spacial score (nSPS) is 17.2. The summed E-state index contributed by atoms with van der Waals surface area (Å²) < 4.78 is 6.37. The number of esters is 1. The number of likely N-dealkylation sites (tertiary alicyclic amines) is 1. The Morgan fingerprint density at radius 3 is 2.89 bits per heavy atom. The van der Waals surface area contributed by atoms with Gasteiger partial charge in [-0.1, -0.05) is 19.1 Å². The molecule has 1 atom stereocenters. The van der Waals surface area contributed by atoms with E-state index in [-0.39, 0.29) is 12.5 Å². The van der Waals surface area contributed by atoms with E-state index in [1.165, 1.54) is 11.3 Å². The molecule has 5 nitrogen and oxygen atoms in total. The average molecular weight is 401 g/mol. The van der Waals surface area contributed by atoms with Crippen molar-refractivity contribution in [3.8, 4) is 9.88 Å². The van der Waals surface area contributed by atoms with Crippen molar-refractivity contribution in [2.75, 3.05) is 19.7 Å². The zero-order valence-electron chi connectivity index (χ0n) is 15.0. The predicted molar refractivity (Wildman–Crippen MR) is 108 cm³/mol. The molecular formula is C20H20N2O3S2. The third-order valence-electron chi connectivity index (χ3n) is 4.65. The van der Waals surface area contributed by atoms with E-state index >= 15 is 0 Å². The zero-order chi connectivity index (χ0) is 18.8. The van der Waals surface area contributed by atoms with Gasteiger partial charge in [0.15, 0.2) is 6.61 Å². The van der Waals surface area contributed by atoms with E-state index in [4.69, 9.17) is 4.74 Å². The first-order valence-corrected chi connectivity index (χ1v) is 10.6. The van der Waals surface area contributed by atoms with Crippen molar-refractivity contribution in [2.24, 2.45) is 5.92 Å². The molecule has 1 fully saturated rings. The Morgan fingerprint density at radius 2 is 2.07 bits per heavy atom. The second kappa shape index (κ2) is 7.78. The molecule has 1 saturated heterocycles. The highest BCUT2D eigenvalue weighted by molar-refractivity contribution is 7.26. The van der Waals surface area contributed by atoms with Crippen LogP contribution in [0.5, 0.6) is 0 Å². The summed E-state index contributed by atoms with van der Waals surface area (Å²) in [5, 5.41) is 0.888. The number of ether oxygens (including phenoxy) is 1. The quantitative estimate of drug-likeness (QED) is 0.608. The molecule has 0 unspecified atom stereocenters. The number of hydrogen-bond donors (Lipinski definition) is 0. The molecule has 1 aliphatic heterocycles. The summed E-state index contributed by atoms with van der Waals surface area (Å²) in [4.78, 5) is 32.4. The third kappa shape index (κ3) is 4.04. The summed E-state index contributed by atoms with van der Waals surface area (Å²) in [6.07, 6.45) is 2.16. The molecule has 0 saturated carbocycles. The first kappa shape index (κ1) is 18.1. The van der Waals surface area contributed by atoms with Gasteiger partial charge in [-0.25, -0.2) is 9.78 Å². The summed E-state index contributed by atoms with van der Waals surface area (Å²) >= 11 is 2.94. The number of rotatable bonds is 4. The molecular weight excluding hydrogens is 380 g/mol. The van der Waals surface area contributed by atoms with Crippen LogP contribution in [0.2, 0.25) is 0 Å². The molecule has 2 aromatic heterocycles. The lowest BCUT2D eigenvalue weighted by atomic mass is 10.0. The summed E-state index contributed by atoms with van der Waals surface area (Å²) in [5.41, 5.74) is 0.955. The molecule has 4 rings (SSSR count). The van der Waals surface area contributed by atoms with Gasteiger partial charge < -0.3 is 9.64 Å². The van der Waals surface area contributed by atoms with E-state index in [1.807, 2.05) is 30.3 Å². The van der Waals surface area contributed by atoms with E-state index < -0.39 is 5.97 Å². The van der Waals surface area contributed by atoms with Crippen LogP contribution in [0.1, 0.15) is 29.4 Å². The Morgan fingerprint density at radius 1 is 1.22 bits per heavy atom. The molecule has 1 aliphatic rings. The molecule has 3 aromatic rings. The topological polar surface area (TPSA) is 59.5 Å². The highest BCUT2D eigenvalue weighted by Crippen LogP contribution is 2.34. The number of fused-ring (bicyclic) bond motifs is 1. The monoisotopic (exact) mass is 400 g/mol. The summed E-state index contributed by atoms with van der Waals surface area (Å²) in [6.45, 7) is 3.44. The van der Waals surface area contributed by atoms with Crippen molar-refractivity contribution in [1.82, 2.24) is 9.88 Å². The lowest BCUT2D eigenvalue weighted by molar-refractivity contribution is -0.136. The first-order chi connectivity index (χ1) is 13.1. The largest absolute Gasteiger partial charge is 0.451 e. The SMILES string of the molecule is C[C@@H]1CCCN(C(=O)COC(=O)c2ccc(-c3nc4ccccc4s3)s2)C1. The number of amides is 1. The minimum absolute atomic E-state index is 0.113. The van der Waals surface area contributed by atoms with E-state index in [1.54, 1.807) is 22.3 Å². The van der Waals surface area contributed by atoms with Gasteiger partial charge in [-0.2, -0.15) is 0 Å². The van der Waals surface area contributed by atoms with Crippen molar-refractivity contribution < 1.29 is 14.3 Å². The number of benzene rings is 1. The minimum atomic E-state index is -0.453. The molecule has 1 aromatic carbocycles. The van der Waals surface area contributed by atoms with Crippen LogP contribution in [0.4, 0.5) is 0 Å². The van der Waals surface area contributed by atoms with Crippen molar-refractivity contribution in [3.63, 3.8) is 0 Å². The summed E-state index contributed by atoms with van der Waals surface area (Å²) in [5.74, 6) is -0.0595. The molecule has 140 valence electrons. The van der Waals surface area contributed by atoms with Gasteiger partial charge in [-0.15, -0.1) is 22.7 Å². The molecule has 3 heterocycles. The van der Waals surface area contributed by atoms with Gasteiger partial charge in [0.1, 0.15) is 9.88 Å². The predicted octanol–water partition coefficient (Wildman–Crippen LogP) is 4.44. The van der Waals surface area contributed by atoms with E-state index in [2.05, 4.69) is 11.9 Å². The van der Waals surface area contributed by atoms with Crippen LogP contribution < -0.4 is 0 Å². The molecule has 1 amide bonds. The van der Waals surface area contributed by atoms with Crippen LogP contribution in [0.3, 0.4) is 0 Å². The van der Waals surface area contributed by atoms with Crippen LogP contribution in [0.15, 0.2) is 36.4 Å². The Kier molecular flexibility index (Phi) is 5.22. The van der Waals surface area contributed by atoms with Crippen LogP contribution >= 0.6 is 22.7 Å². The molecule has 0 aliphatic carbocycles. The summed E-state index contributed by atoms with van der Waals surface area (Å²) in [7, 11) is 0. The molecule has 0 N–H and O–H groups in total. The number of carbonyl (C=O) groups is 2. The fourth-order valence-corrected chi connectivity index (χ4v) is 5.17. The molecule has 0 spiro atoms. The van der Waals surface area contributed by atoms with Crippen molar-refractivity contribution >= 4 is 44.8 Å². The second-order valence-corrected chi connectivity index (χ2v) is 8.93. The van der Waals surface area contributed by atoms with Gasteiger partial charge in [0.2, 0.25) is 0 Å².